The monoisotopic (exact) mass is 434 g/mol. The van der Waals surface area contributed by atoms with E-state index in [1.54, 1.807) is 6.92 Å². The normalized spacial score (nSPS) is 11.6. The summed E-state index contributed by atoms with van der Waals surface area (Å²) in [6.45, 7) is 5.53. The molecule has 0 atom stereocenters. The lowest BCUT2D eigenvalue weighted by molar-refractivity contribution is -0.120. The zero-order valence-electron chi connectivity index (χ0n) is 16.4. The Morgan fingerprint density at radius 2 is 2.00 bits per heavy atom. The Balaban J connectivity index is 1.63. The predicted molar refractivity (Wildman–Crippen MR) is 110 cm³/mol. The lowest BCUT2D eigenvalue weighted by atomic mass is 10.1. The van der Waals surface area contributed by atoms with Crippen molar-refractivity contribution in [3.63, 3.8) is 0 Å². The lowest BCUT2D eigenvalue weighted by Crippen LogP contribution is -2.36. The maximum absolute atomic E-state index is 12.6. The van der Waals surface area contributed by atoms with Crippen molar-refractivity contribution in [3.8, 4) is 10.7 Å². The van der Waals surface area contributed by atoms with Gasteiger partial charge >= 0.3 is 0 Å². The maximum Gasteiger partial charge on any atom is 0.242 e. The summed E-state index contributed by atoms with van der Waals surface area (Å²) in [5.74, 6) is 0.432. The third-order valence-electron chi connectivity index (χ3n) is 4.31. The minimum absolute atomic E-state index is 0.104. The zero-order valence-corrected chi connectivity index (χ0v) is 18.0. The zero-order chi connectivity index (χ0) is 21.0. The fourth-order valence-corrected chi connectivity index (χ4v) is 5.14. The first kappa shape index (κ1) is 21.2. The largest absolute Gasteiger partial charge is 0.351 e. The number of rotatable bonds is 8. The molecule has 0 aliphatic rings. The van der Waals surface area contributed by atoms with Gasteiger partial charge in [0.1, 0.15) is 0 Å². The summed E-state index contributed by atoms with van der Waals surface area (Å²) in [5.41, 5.74) is 2.04. The number of nitrogens with zero attached hydrogens (tertiary/aromatic N) is 2. The molecular formula is C19H22N4O4S2. The minimum atomic E-state index is -3.85. The van der Waals surface area contributed by atoms with E-state index < -0.39 is 15.9 Å². The van der Waals surface area contributed by atoms with Crippen LogP contribution < -0.4 is 10.0 Å². The van der Waals surface area contributed by atoms with Crippen molar-refractivity contribution in [2.24, 2.45) is 0 Å². The van der Waals surface area contributed by atoms with E-state index in [9.17, 15) is 13.2 Å². The number of aryl methyl sites for hydroxylation is 3. The van der Waals surface area contributed by atoms with Gasteiger partial charge in [-0.05, 0) is 31.0 Å². The standard InChI is InChI=1S/C19H22N4O4S2/c1-4-18-22-19(23-27-18)15-9-16(13(3)28-15)29(25,26)21-11-17(24)20-10-14-8-6-5-7-12(14)2/h5-9,21H,4,10-11H2,1-3H3,(H,20,24). The highest BCUT2D eigenvalue weighted by Gasteiger charge is 2.23. The molecule has 1 amide bonds. The number of carbonyl (C=O) groups is 1. The summed E-state index contributed by atoms with van der Waals surface area (Å²) in [4.78, 5) is 17.6. The molecule has 1 aromatic carbocycles. The Labute approximate surface area is 173 Å². The molecule has 0 saturated heterocycles. The van der Waals surface area contributed by atoms with E-state index in [4.69, 9.17) is 4.52 Å². The molecular weight excluding hydrogens is 412 g/mol. The SMILES string of the molecule is CCc1nc(-c2cc(S(=O)(=O)NCC(=O)NCc3ccccc3C)c(C)s2)no1. The van der Waals surface area contributed by atoms with Gasteiger partial charge in [-0.1, -0.05) is 36.3 Å². The number of aromatic nitrogens is 2. The smallest absolute Gasteiger partial charge is 0.242 e. The Kier molecular flexibility index (Phi) is 6.46. The summed E-state index contributed by atoms with van der Waals surface area (Å²) in [6, 6.07) is 9.18. The number of amides is 1. The van der Waals surface area contributed by atoms with Crippen molar-refractivity contribution < 1.29 is 17.7 Å². The average molecular weight is 435 g/mol. The van der Waals surface area contributed by atoms with Crippen molar-refractivity contribution >= 4 is 27.3 Å². The van der Waals surface area contributed by atoms with E-state index in [-0.39, 0.29) is 11.4 Å². The van der Waals surface area contributed by atoms with Crippen LogP contribution in [0.15, 0.2) is 39.8 Å². The van der Waals surface area contributed by atoms with Crippen molar-refractivity contribution in [1.82, 2.24) is 20.2 Å². The van der Waals surface area contributed by atoms with Gasteiger partial charge in [-0.25, -0.2) is 13.1 Å². The Morgan fingerprint density at radius 1 is 1.24 bits per heavy atom. The lowest BCUT2D eigenvalue weighted by Gasteiger charge is -2.09. The molecule has 8 nitrogen and oxygen atoms in total. The van der Waals surface area contributed by atoms with Gasteiger partial charge in [0.15, 0.2) is 0 Å². The van der Waals surface area contributed by atoms with Gasteiger partial charge in [0.05, 0.1) is 16.3 Å². The number of hydrogen-bond donors (Lipinski definition) is 2. The molecule has 3 aromatic rings. The van der Waals surface area contributed by atoms with Crippen LogP contribution in [0.2, 0.25) is 0 Å². The molecule has 29 heavy (non-hydrogen) atoms. The summed E-state index contributed by atoms with van der Waals surface area (Å²) in [6.07, 6.45) is 0.599. The van der Waals surface area contributed by atoms with Gasteiger partial charge in [-0.2, -0.15) is 4.98 Å². The van der Waals surface area contributed by atoms with Crippen molar-refractivity contribution in [2.45, 2.75) is 38.6 Å². The van der Waals surface area contributed by atoms with Crippen LogP contribution >= 0.6 is 11.3 Å². The fourth-order valence-electron chi connectivity index (χ4n) is 2.64. The third kappa shape index (κ3) is 5.08. The van der Waals surface area contributed by atoms with Gasteiger partial charge in [-0.3, -0.25) is 4.79 Å². The minimum Gasteiger partial charge on any atom is -0.351 e. The van der Waals surface area contributed by atoms with E-state index in [1.807, 2.05) is 38.1 Å². The molecule has 0 bridgehead atoms. The molecule has 0 unspecified atom stereocenters. The second-order valence-electron chi connectivity index (χ2n) is 6.42. The molecule has 2 N–H and O–H groups in total. The number of carbonyl (C=O) groups excluding carboxylic acids is 1. The van der Waals surface area contributed by atoms with E-state index >= 15 is 0 Å². The highest BCUT2D eigenvalue weighted by Crippen LogP contribution is 2.31. The molecule has 2 heterocycles. The average Bonchev–Trinajstić information content (AvgIpc) is 3.32. The summed E-state index contributed by atoms with van der Waals surface area (Å²) in [5, 5.41) is 6.60. The van der Waals surface area contributed by atoms with Gasteiger partial charge < -0.3 is 9.84 Å². The first-order valence-corrected chi connectivity index (χ1v) is 11.3. The molecule has 2 aromatic heterocycles. The molecule has 10 heteroatoms. The second kappa shape index (κ2) is 8.85. The van der Waals surface area contributed by atoms with Crippen LogP contribution in [-0.4, -0.2) is 31.0 Å². The van der Waals surface area contributed by atoms with Crippen LogP contribution in [0, 0.1) is 13.8 Å². The van der Waals surface area contributed by atoms with Crippen LogP contribution in [0.25, 0.3) is 10.7 Å². The number of sulfonamides is 1. The van der Waals surface area contributed by atoms with Crippen LogP contribution in [0.5, 0.6) is 0 Å². The van der Waals surface area contributed by atoms with Crippen LogP contribution in [0.1, 0.15) is 28.8 Å². The summed E-state index contributed by atoms with van der Waals surface area (Å²) >= 11 is 1.26. The van der Waals surface area contributed by atoms with Gasteiger partial charge in [0.2, 0.25) is 27.6 Å². The molecule has 0 aliphatic heterocycles. The van der Waals surface area contributed by atoms with Crippen LogP contribution in [-0.2, 0) is 27.8 Å². The van der Waals surface area contributed by atoms with E-state index in [2.05, 4.69) is 20.2 Å². The molecule has 0 aliphatic carbocycles. The van der Waals surface area contributed by atoms with Crippen molar-refractivity contribution in [2.75, 3.05) is 6.54 Å². The highest BCUT2D eigenvalue weighted by atomic mass is 32.2. The van der Waals surface area contributed by atoms with Crippen LogP contribution in [0.3, 0.4) is 0 Å². The van der Waals surface area contributed by atoms with Crippen LogP contribution in [0.4, 0.5) is 0 Å². The Morgan fingerprint density at radius 3 is 2.69 bits per heavy atom. The Bertz CT molecular complexity index is 1120. The van der Waals surface area contributed by atoms with Crippen molar-refractivity contribution in [3.05, 3.63) is 52.2 Å². The number of thiophene rings is 1. The third-order valence-corrected chi connectivity index (χ3v) is 7.02. The molecule has 0 fully saturated rings. The van der Waals surface area contributed by atoms with E-state index in [0.717, 1.165) is 11.1 Å². The predicted octanol–water partition coefficient (Wildman–Crippen LogP) is 2.57. The first-order valence-electron chi connectivity index (χ1n) is 9.04. The van der Waals surface area contributed by atoms with Gasteiger partial charge in [0, 0.05) is 17.8 Å². The highest BCUT2D eigenvalue weighted by molar-refractivity contribution is 7.89. The molecule has 3 rings (SSSR count). The summed E-state index contributed by atoms with van der Waals surface area (Å²) in [7, 11) is -3.85. The maximum atomic E-state index is 12.6. The summed E-state index contributed by atoms with van der Waals surface area (Å²) < 4.78 is 32.7. The number of hydrogen-bond acceptors (Lipinski definition) is 7. The molecule has 0 radical (unpaired) electrons. The molecule has 0 saturated carbocycles. The first-order chi connectivity index (χ1) is 13.8. The quantitative estimate of drug-likeness (QED) is 0.563. The fraction of sp³-hybridized carbons (Fsp3) is 0.316. The van der Waals surface area contributed by atoms with Crippen molar-refractivity contribution in [1.29, 1.82) is 0 Å². The van der Waals surface area contributed by atoms with E-state index in [1.165, 1.54) is 17.4 Å². The second-order valence-corrected chi connectivity index (χ2v) is 9.42. The molecule has 0 spiro atoms. The molecule has 154 valence electrons. The number of benzene rings is 1. The topological polar surface area (TPSA) is 114 Å². The van der Waals surface area contributed by atoms with E-state index in [0.29, 0.717) is 34.4 Å². The number of nitrogens with one attached hydrogen (secondary N) is 2. The van der Waals surface area contributed by atoms with Gasteiger partial charge in [-0.15, -0.1) is 11.3 Å². The Hall–Kier alpha value is -2.56. The van der Waals surface area contributed by atoms with Gasteiger partial charge in [0.25, 0.3) is 0 Å².